The molecule has 6 heteroatoms. The summed E-state index contributed by atoms with van der Waals surface area (Å²) in [7, 11) is -2.75. The second-order valence-corrected chi connectivity index (χ2v) is 7.07. The summed E-state index contributed by atoms with van der Waals surface area (Å²) in [6.45, 7) is 0.565. The highest BCUT2D eigenvalue weighted by Gasteiger charge is 2.23. The lowest BCUT2D eigenvalue weighted by Gasteiger charge is -2.21. The second-order valence-electron chi connectivity index (χ2n) is 3.36. The van der Waals surface area contributed by atoms with E-state index in [1.807, 2.05) is 6.26 Å². The van der Waals surface area contributed by atoms with E-state index < -0.39 is 9.84 Å². The van der Waals surface area contributed by atoms with Crippen molar-refractivity contribution in [2.75, 3.05) is 24.4 Å². The Morgan fingerprint density at radius 2 is 2.07 bits per heavy atom. The van der Waals surface area contributed by atoms with Gasteiger partial charge in [0.1, 0.15) is 9.84 Å². The molecule has 0 bridgehead atoms. The maximum Gasteiger partial charge on any atom is 0.219 e. The van der Waals surface area contributed by atoms with E-state index in [2.05, 4.69) is 0 Å². The minimum atomic E-state index is -2.75. The van der Waals surface area contributed by atoms with Crippen molar-refractivity contribution in [1.82, 2.24) is 0 Å². The van der Waals surface area contributed by atoms with E-state index in [9.17, 15) is 8.42 Å². The van der Waals surface area contributed by atoms with Crippen molar-refractivity contribution in [3.05, 3.63) is 0 Å². The molecule has 1 heterocycles. The molecular weight excluding hydrogens is 240 g/mol. The molecule has 14 heavy (non-hydrogen) atoms. The van der Waals surface area contributed by atoms with Gasteiger partial charge >= 0.3 is 0 Å². The van der Waals surface area contributed by atoms with Gasteiger partial charge in [0.15, 0.2) is 0 Å². The zero-order valence-electron chi connectivity index (χ0n) is 8.06. The van der Waals surface area contributed by atoms with E-state index in [4.69, 9.17) is 17.0 Å². The van der Waals surface area contributed by atoms with Gasteiger partial charge in [0.25, 0.3) is 0 Å². The number of hydrogen-bond acceptors (Lipinski definition) is 5. The Hall–Kier alpha value is 0.190. The lowest BCUT2D eigenvalue weighted by molar-refractivity contribution is 0.238. The average Bonchev–Trinajstić information content (AvgIpc) is 2.16. The number of hydrogen-bond donors (Lipinski definition) is 0. The number of rotatable bonds is 2. The molecule has 1 saturated heterocycles. The van der Waals surface area contributed by atoms with E-state index in [0.29, 0.717) is 41.3 Å². The van der Waals surface area contributed by atoms with E-state index >= 15 is 0 Å². The first-order valence-corrected chi connectivity index (χ1v) is 7.90. The van der Waals surface area contributed by atoms with Crippen molar-refractivity contribution in [2.45, 2.75) is 12.8 Å². The first-order valence-electron chi connectivity index (χ1n) is 4.44. The number of ether oxygens (including phenoxy) is 1. The molecule has 0 aromatic carbocycles. The van der Waals surface area contributed by atoms with Crippen molar-refractivity contribution >= 4 is 38.2 Å². The zero-order valence-corrected chi connectivity index (χ0v) is 10.5. The molecule has 0 atom stereocenters. The summed E-state index contributed by atoms with van der Waals surface area (Å²) in [5, 5.41) is 0. The smallest absolute Gasteiger partial charge is 0.219 e. The quantitative estimate of drug-likeness (QED) is 0.698. The number of thiocarbonyl (C=S) groups is 1. The number of sulfone groups is 1. The van der Waals surface area contributed by atoms with Crippen molar-refractivity contribution in [3.63, 3.8) is 0 Å². The third-order valence-electron chi connectivity index (χ3n) is 2.28. The molecule has 0 aromatic heterocycles. The highest BCUT2D eigenvalue weighted by molar-refractivity contribution is 8.22. The summed E-state index contributed by atoms with van der Waals surface area (Å²) in [6, 6.07) is 0. The van der Waals surface area contributed by atoms with Gasteiger partial charge in [-0.1, -0.05) is 11.8 Å². The van der Waals surface area contributed by atoms with Gasteiger partial charge in [0.05, 0.1) is 18.1 Å². The van der Waals surface area contributed by atoms with E-state index in [1.54, 1.807) is 0 Å². The molecule has 0 saturated carbocycles. The maximum atomic E-state index is 11.1. The molecule has 0 radical (unpaired) electrons. The normalized spacial score (nSPS) is 21.8. The monoisotopic (exact) mass is 254 g/mol. The lowest BCUT2D eigenvalue weighted by atomic mass is 10.0. The third-order valence-corrected chi connectivity index (χ3v) is 5.06. The Bertz CT molecular complexity index is 283. The van der Waals surface area contributed by atoms with Gasteiger partial charge in [-0.05, 0) is 37.2 Å². The van der Waals surface area contributed by atoms with Gasteiger partial charge in [-0.2, -0.15) is 0 Å². The fourth-order valence-corrected chi connectivity index (χ4v) is 3.19. The molecular formula is C8H14O3S3. The second kappa shape index (κ2) is 5.32. The molecule has 1 fully saturated rings. The Labute approximate surface area is 94.5 Å². The maximum absolute atomic E-state index is 11.1. The molecule has 0 spiro atoms. The number of thioether (sulfide) groups is 1. The van der Waals surface area contributed by atoms with Crippen LogP contribution in [0.25, 0.3) is 0 Å². The van der Waals surface area contributed by atoms with Gasteiger partial charge in [0, 0.05) is 0 Å². The Morgan fingerprint density at radius 3 is 2.57 bits per heavy atom. The summed E-state index contributed by atoms with van der Waals surface area (Å²) in [6.07, 6.45) is 3.28. The van der Waals surface area contributed by atoms with Crippen LogP contribution < -0.4 is 0 Å². The summed E-state index contributed by atoms with van der Waals surface area (Å²) < 4.78 is 28.1. The predicted molar refractivity (Wildman–Crippen MR) is 63.4 cm³/mol. The first kappa shape index (κ1) is 12.3. The highest BCUT2D eigenvalue weighted by Crippen LogP contribution is 2.19. The Morgan fingerprint density at radius 1 is 1.50 bits per heavy atom. The summed E-state index contributed by atoms with van der Waals surface area (Å²) in [5.74, 6) is 0.948. The zero-order chi connectivity index (χ0) is 10.6. The molecule has 1 aliphatic rings. The Kier molecular flexibility index (Phi) is 4.66. The van der Waals surface area contributed by atoms with E-state index in [1.165, 1.54) is 11.8 Å². The van der Waals surface area contributed by atoms with Crippen LogP contribution in [0.3, 0.4) is 0 Å². The van der Waals surface area contributed by atoms with Crippen LogP contribution in [-0.2, 0) is 14.6 Å². The minimum absolute atomic E-state index is 0.299. The molecule has 1 aliphatic heterocycles. The fraction of sp³-hybridized carbons (Fsp3) is 0.875. The molecule has 0 unspecified atom stereocenters. The van der Waals surface area contributed by atoms with Crippen molar-refractivity contribution in [3.8, 4) is 0 Å². The average molecular weight is 254 g/mol. The Balaban J connectivity index is 2.26. The summed E-state index contributed by atoms with van der Waals surface area (Å²) in [5.41, 5.74) is 0. The largest absolute Gasteiger partial charge is 0.478 e. The standard InChI is InChI=1S/C8H14O3S3/c1-13-8(12)11-6-7-2-4-14(9,10)5-3-7/h7H,2-6H2,1H3. The fourth-order valence-electron chi connectivity index (χ4n) is 1.35. The van der Waals surface area contributed by atoms with Gasteiger partial charge < -0.3 is 4.74 Å². The van der Waals surface area contributed by atoms with Crippen LogP contribution in [0, 0.1) is 5.92 Å². The van der Waals surface area contributed by atoms with E-state index in [0.717, 1.165) is 0 Å². The summed E-state index contributed by atoms with van der Waals surface area (Å²) >= 11 is 6.30. The molecule has 3 nitrogen and oxygen atoms in total. The van der Waals surface area contributed by atoms with Crippen molar-refractivity contribution < 1.29 is 13.2 Å². The van der Waals surface area contributed by atoms with Crippen molar-refractivity contribution in [1.29, 1.82) is 0 Å². The first-order chi connectivity index (χ1) is 6.53. The molecule has 1 rings (SSSR count). The molecule has 0 N–H and O–H groups in total. The van der Waals surface area contributed by atoms with Gasteiger partial charge in [-0.25, -0.2) is 8.42 Å². The van der Waals surface area contributed by atoms with Crippen LogP contribution in [0.5, 0.6) is 0 Å². The van der Waals surface area contributed by atoms with Gasteiger partial charge in [0.2, 0.25) is 4.38 Å². The lowest BCUT2D eigenvalue weighted by Crippen LogP contribution is -2.26. The molecule has 0 amide bonds. The van der Waals surface area contributed by atoms with Gasteiger partial charge in [-0.3, -0.25) is 0 Å². The van der Waals surface area contributed by atoms with Crippen LogP contribution in [0.4, 0.5) is 0 Å². The van der Waals surface area contributed by atoms with Crippen LogP contribution in [0.2, 0.25) is 0 Å². The van der Waals surface area contributed by atoms with Crippen LogP contribution in [0.1, 0.15) is 12.8 Å². The van der Waals surface area contributed by atoms with Crippen LogP contribution in [0.15, 0.2) is 0 Å². The molecule has 0 aliphatic carbocycles. The predicted octanol–water partition coefficient (Wildman–Crippen LogP) is 1.48. The topological polar surface area (TPSA) is 43.4 Å². The minimum Gasteiger partial charge on any atom is -0.478 e. The molecule has 82 valence electrons. The highest BCUT2D eigenvalue weighted by atomic mass is 32.2. The van der Waals surface area contributed by atoms with Gasteiger partial charge in [-0.15, -0.1) is 0 Å². The van der Waals surface area contributed by atoms with E-state index in [-0.39, 0.29) is 0 Å². The van der Waals surface area contributed by atoms with Crippen molar-refractivity contribution in [2.24, 2.45) is 5.92 Å². The summed E-state index contributed by atoms with van der Waals surface area (Å²) in [4.78, 5) is 0. The SMILES string of the molecule is CSC(=S)OCC1CCS(=O)(=O)CC1. The van der Waals surface area contributed by atoms with Crippen LogP contribution in [-0.4, -0.2) is 37.2 Å². The molecule has 0 aromatic rings. The van der Waals surface area contributed by atoms with Crippen LogP contribution >= 0.6 is 24.0 Å². The third kappa shape index (κ3) is 4.14.